The van der Waals surface area contributed by atoms with Crippen molar-refractivity contribution in [3.63, 3.8) is 0 Å². The van der Waals surface area contributed by atoms with E-state index in [-0.39, 0.29) is 5.82 Å². The van der Waals surface area contributed by atoms with Gasteiger partial charge in [0.25, 0.3) is 0 Å². The van der Waals surface area contributed by atoms with Crippen LogP contribution in [-0.2, 0) is 6.61 Å². The maximum atomic E-state index is 13.6. The Balaban J connectivity index is 2.11. The molecule has 0 aliphatic carbocycles. The SMILES string of the molecule is Cc1cccc(OCc2sccc2Br)c1F. The molecule has 0 atom stereocenters. The Bertz CT molecular complexity index is 496. The standard InChI is InChI=1S/C12H10BrFOS/c1-8-3-2-4-10(12(8)14)15-7-11-9(13)5-6-16-11/h2-6H,7H2,1H3. The van der Waals surface area contributed by atoms with Gasteiger partial charge in [0, 0.05) is 4.47 Å². The van der Waals surface area contributed by atoms with Gasteiger partial charge in [0.05, 0.1) is 4.88 Å². The highest BCUT2D eigenvalue weighted by atomic mass is 79.9. The van der Waals surface area contributed by atoms with Gasteiger partial charge in [0.2, 0.25) is 0 Å². The average Bonchev–Trinajstić information content (AvgIpc) is 2.67. The van der Waals surface area contributed by atoms with E-state index in [1.807, 2.05) is 11.4 Å². The predicted octanol–water partition coefficient (Wildman–Crippen LogP) is 4.54. The summed E-state index contributed by atoms with van der Waals surface area (Å²) >= 11 is 4.99. The lowest BCUT2D eigenvalue weighted by Gasteiger charge is -2.07. The van der Waals surface area contributed by atoms with Crippen LogP contribution in [0.3, 0.4) is 0 Å². The molecule has 0 amide bonds. The van der Waals surface area contributed by atoms with Crippen LogP contribution in [0.4, 0.5) is 4.39 Å². The minimum Gasteiger partial charge on any atom is -0.485 e. The van der Waals surface area contributed by atoms with Crippen LogP contribution in [0.15, 0.2) is 34.1 Å². The molecule has 0 bridgehead atoms. The van der Waals surface area contributed by atoms with E-state index in [4.69, 9.17) is 4.74 Å². The molecular formula is C12H10BrFOS. The molecule has 0 aliphatic heterocycles. The first-order valence-electron chi connectivity index (χ1n) is 4.78. The van der Waals surface area contributed by atoms with Gasteiger partial charge >= 0.3 is 0 Å². The molecule has 0 spiro atoms. The van der Waals surface area contributed by atoms with E-state index in [2.05, 4.69) is 15.9 Å². The molecule has 0 aliphatic rings. The smallest absolute Gasteiger partial charge is 0.167 e. The van der Waals surface area contributed by atoms with Crippen molar-refractivity contribution in [2.45, 2.75) is 13.5 Å². The zero-order chi connectivity index (χ0) is 11.5. The molecule has 0 unspecified atom stereocenters. The number of thiophene rings is 1. The third-order valence-electron chi connectivity index (χ3n) is 2.21. The van der Waals surface area contributed by atoms with Crippen molar-refractivity contribution in [1.82, 2.24) is 0 Å². The van der Waals surface area contributed by atoms with E-state index < -0.39 is 0 Å². The van der Waals surface area contributed by atoms with Crippen LogP contribution in [0.25, 0.3) is 0 Å². The van der Waals surface area contributed by atoms with Gasteiger partial charge in [0.1, 0.15) is 6.61 Å². The summed E-state index contributed by atoms with van der Waals surface area (Å²) in [5, 5.41) is 1.97. The molecular weight excluding hydrogens is 291 g/mol. The van der Waals surface area contributed by atoms with Gasteiger partial charge in [-0.05, 0) is 45.9 Å². The summed E-state index contributed by atoms with van der Waals surface area (Å²) in [7, 11) is 0. The Morgan fingerprint density at radius 2 is 2.19 bits per heavy atom. The number of ether oxygens (including phenoxy) is 1. The van der Waals surface area contributed by atoms with Crippen LogP contribution >= 0.6 is 27.3 Å². The minimum atomic E-state index is -0.282. The maximum Gasteiger partial charge on any atom is 0.167 e. The van der Waals surface area contributed by atoms with Crippen LogP contribution in [0.2, 0.25) is 0 Å². The Morgan fingerprint density at radius 1 is 1.38 bits per heavy atom. The van der Waals surface area contributed by atoms with Crippen LogP contribution in [0, 0.1) is 12.7 Å². The van der Waals surface area contributed by atoms with E-state index >= 15 is 0 Å². The van der Waals surface area contributed by atoms with E-state index in [1.54, 1.807) is 36.5 Å². The lowest BCUT2D eigenvalue weighted by Crippen LogP contribution is -1.97. The highest BCUT2D eigenvalue weighted by molar-refractivity contribution is 9.10. The molecule has 1 aromatic heterocycles. The first kappa shape index (κ1) is 11.6. The molecule has 0 radical (unpaired) electrons. The summed E-state index contributed by atoms with van der Waals surface area (Å²) in [5.41, 5.74) is 0.600. The van der Waals surface area contributed by atoms with Crippen LogP contribution < -0.4 is 4.74 Å². The Labute approximate surface area is 106 Å². The van der Waals surface area contributed by atoms with Crippen LogP contribution in [0.1, 0.15) is 10.4 Å². The Hall–Kier alpha value is -0.870. The fraction of sp³-hybridized carbons (Fsp3) is 0.167. The average molecular weight is 301 g/mol. The number of hydrogen-bond acceptors (Lipinski definition) is 2. The first-order chi connectivity index (χ1) is 7.68. The summed E-state index contributed by atoms with van der Waals surface area (Å²) in [6.45, 7) is 2.11. The Kier molecular flexibility index (Phi) is 3.61. The third-order valence-corrected chi connectivity index (χ3v) is 4.11. The summed E-state index contributed by atoms with van der Waals surface area (Å²) < 4.78 is 20.1. The molecule has 84 valence electrons. The van der Waals surface area contributed by atoms with Gasteiger partial charge in [-0.2, -0.15) is 0 Å². The number of halogens is 2. The van der Waals surface area contributed by atoms with Crippen LogP contribution in [-0.4, -0.2) is 0 Å². The van der Waals surface area contributed by atoms with E-state index in [0.717, 1.165) is 9.35 Å². The summed E-state index contributed by atoms with van der Waals surface area (Å²) in [6.07, 6.45) is 0. The molecule has 0 saturated carbocycles. The number of rotatable bonds is 3. The van der Waals surface area contributed by atoms with Crippen molar-refractivity contribution >= 4 is 27.3 Å². The number of aryl methyl sites for hydroxylation is 1. The van der Waals surface area contributed by atoms with E-state index in [9.17, 15) is 4.39 Å². The second-order valence-electron chi connectivity index (χ2n) is 3.37. The van der Waals surface area contributed by atoms with Crippen molar-refractivity contribution < 1.29 is 9.13 Å². The molecule has 1 heterocycles. The highest BCUT2D eigenvalue weighted by Crippen LogP contribution is 2.26. The summed E-state index contributed by atoms with van der Waals surface area (Å²) in [4.78, 5) is 1.06. The third kappa shape index (κ3) is 2.44. The molecule has 0 fully saturated rings. The van der Waals surface area contributed by atoms with Crippen molar-refractivity contribution in [2.75, 3.05) is 0 Å². The lowest BCUT2D eigenvalue weighted by molar-refractivity contribution is 0.292. The van der Waals surface area contributed by atoms with Gasteiger partial charge in [-0.25, -0.2) is 4.39 Å². The topological polar surface area (TPSA) is 9.23 Å². The molecule has 2 aromatic rings. The molecule has 16 heavy (non-hydrogen) atoms. The van der Waals surface area contributed by atoms with Crippen molar-refractivity contribution in [1.29, 1.82) is 0 Å². The summed E-state index contributed by atoms with van der Waals surface area (Å²) in [5.74, 6) is 0.0236. The van der Waals surface area contributed by atoms with E-state index in [0.29, 0.717) is 17.9 Å². The van der Waals surface area contributed by atoms with Gasteiger partial charge in [-0.15, -0.1) is 11.3 Å². The summed E-state index contributed by atoms with van der Waals surface area (Å²) in [6, 6.07) is 7.11. The maximum absolute atomic E-state index is 13.6. The molecule has 2 rings (SSSR count). The number of benzene rings is 1. The van der Waals surface area contributed by atoms with Gasteiger partial charge in [-0.1, -0.05) is 12.1 Å². The van der Waals surface area contributed by atoms with Crippen molar-refractivity contribution in [3.8, 4) is 5.75 Å². The second kappa shape index (κ2) is 4.97. The lowest BCUT2D eigenvalue weighted by atomic mass is 10.2. The number of hydrogen-bond donors (Lipinski definition) is 0. The first-order valence-corrected chi connectivity index (χ1v) is 6.45. The monoisotopic (exact) mass is 300 g/mol. The fourth-order valence-electron chi connectivity index (χ4n) is 1.30. The van der Waals surface area contributed by atoms with Gasteiger partial charge < -0.3 is 4.74 Å². The van der Waals surface area contributed by atoms with Crippen LogP contribution in [0.5, 0.6) is 5.75 Å². The zero-order valence-corrected chi connectivity index (χ0v) is 11.1. The predicted molar refractivity (Wildman–Crippen MR) is 67.5 cm³/mol. The molecule has 0 saturated heterocycles. The van der Waals surface area contributed by atoms with Gasteiger partial charge in [0.15, 0.2) is 11.6 Å². The molecule has 4 heteroatoms. The molecule has 1 aromatic carbocycles. The normalized spacial score (nSPS) is 10.4. The minimum absolute atomic E-state index is 0.282. The van der Waals surface area contributed by atoms with Crippen molar-refractivity contribution in [3.05, 3.63) is 50.4 Å². The second-order valence-corrected chi connectivity index (χ2v) is 5.22. The Morgan fingerprint density at radius 3 is 2.88 bits per heavy atom. The highest BCUT2D eigenvalue weighted by Gasteiger charge is 2.07. The van der Waals surface area contributed by atoms with Crippen molar-refractivity contribution in [2.24, 2.45) is 0 Å². The molecule has 0 N–H and O–H groups in total. The van der Waals surface area contributed by atoms with Gasteiger partial charge in [-0.3, -0.25) is 0 Å². The zero-order valence-electron chi connectivity index (χ0n) is 8.67. The largest absolute Gasteiger partial charge is 0.485 e. The van der Waals surface area contributed by atoms with E-state index in [1.165, 1.54) is 0 Å². The quantitative estimate of drug-likeness (QED) is 0.809. The molecule has 1 nitrogen and oxygen atoms in total. The fourth-order valence-corrected chi connectivity index (χ4v) is 2.68.